The van der Waals surface area contributed by atoms with Crippen LogP contribution in [-0.2, 0) is 14.6 Å². The van der Waals surface area contributed by atoms with Gasteiger partial charge in [0.25, 0.3) is 0 Å². The highest BCUT2D eigenvalue weighted by atomic mass is 32.2. The Morgan fingerprint density at radius 2 is 1.42 bits per heavy atom. The standard InChI is InChI=1S/C25H25N3O7S/c1-4-22(29)35-23-19(14-10-15-20(23)34-25(31)28(2)3)27-24(30)26-18-13-8-9-16-21(18)36(32,33)17-11-6-5-7-12-17/h5-16H,4H2,1-3H3,(H2,26,27,30). The molecule has 0 bridgehead atoms. The third-order valence-electron chi connectivity index (χ3n) is 4.77. The first-order chi connectivity index (χ1) is 17.1. The first kappa shape index (κ1) is 26.2. The highest BCUT2D eigenvalue weighted by Crippen LogP contribution is 2.36. The van der Waals surface area contributed by atoms with Gasteiger partial charge in [-0.3, -0.25) is 4.79 Å². The lowest BCUT2D eigenvalue weighted by atomic mass is 10.2. The molecule has 0 atom stereocenters. The van der Waals surface area contributed by atoms with Gasteiger partial charge in [-0.05, 0) is 36.4 Å². The van der Waals surface area contributed by atoms with Crippen molar-refractivity contribution >= 4 is 39.3 Å². The van der Waals surface area contributed by atoms with Crippen LogP contribution in [0.3, 0.4) is 0 Å². The predicted molar refractivity (Wildman–Crippen MR) is 133 cm³/mol. The van der Waals surface area contributed by atoms with Crippen molar-refractivity contribution < 1.29 is 32.3 Å². The van der Waals surface area contributed by atoms with Gasteiger partial charge in [0, 0.05) is 20.5 Å². The van der Waals surface area contributed by atoms with Gasteiger partial charge in [-0.25, -0.2) is 18.0 Å². The maximum absolute atomic E-state index is 13.1. The Morgan fingerprint density at radius 3 is 2.08 bits per heavy atom. The first-order valence-corrected chi connectivity index (χ1v) is 12.3. The number of carbonyl (C=O) groups is 3. The van der Waals surface area contributed by atoms with Crippen LogP contribution in [0.15, 0.2) is 82.6 Å². The molecule has 0 aliphatic carbocycles. The van der Waals surface area contributed by atoms with E-state index in [4.69, 9.17) is 9.47 Å². The average molecular weight is 512 g/mol. The van der Waals surface area contributed by atoms with Crippen LogP contribution in [0.2, 0.25) is 0 Å². The number of urea groups is 1. The Morgan fingerprint density at radius 1 is 0.806 bits per heavy atom. The molecule has 3 amide bonds. The Balaban J connectivity index is 1.91. The summed E-state index contributed by atoms with van der Waals surface area (Å²) in [5.74, 6) is -0.869. The van der Waals surface area contributed by atoms with Gasteiger partial charge in [-0.1, -0.05) is 43.3 Å². The summed E-state index contributed by atoms with van der Waals surface area (Å²) in [6, 6.07) is 17.3. The van der Waals surface area contributed by atoms with Gasteiger partial charge in [0.2, 0.25) is 9.84 Å². The van der Waals surface area contributed by atoms with E-state index in [9.17, 15) is 22.8 Å². The number of para-hydroxylation sites is 2. The predicted octanol–water partition coefficient (Wildman–Crippen LogP) is 4.54. The maximum atomic E-state index is 13.1. The molecule has 10 nitrogen and oxygen atoms in total. The van der Waals surface area contributed by atoms with Gasteiger partial charge in [0.15, 0.2) is 11.5 Å². The van der Waals surface area contributed by atoms with E-state index in [1.165, 1.54) is 61.5 Å². The molecule has 3 aromatic carbocycles. The van der Waals surface area contributed by atoms with Gasteiger partial charge in [0.05, 0.1) is 21.2 Å². The number of benzene rings is 3. The number of hydrogen-bond acceptors (Lipinski definition) is 7. The Kier molecular flexibility index (Phi) is 8.28. The molecule has 0 saturated carbocycles. The SMILES string of the molecule is CCC(=O)Oc1c(NC(=O)Nc2ccccc2S(=O)(=O)c2ccccc2)cccc1OC(=O)N(C)C. The summed E-state index contributed by atoms with van der Waals surface area (Å²) in [5.41, 5.74) is 0.0721. The fourth-order valence-electron chi connectivity index (χ4n) is 2.98. The zero-order chi connectivity index (χ0) is 26.3. The Hall–Kier alpha value is -4.38. The van der Waals surface area contributed by atoms with E-state index in [0.29, 0.717) is 0 Å². The molecule has 0 unspecified atom stereocenters. The van der Waals surface area contributed by atoms with Crippen molar-refractivity contribution in [2.45, 2.75) is 23.1 Å². The van der Waals surface area contributed by atoms with Crippen LogP contribution in [0, 0.1) is 0 Å². The van der Waals surface area contributed by atoms with E-state index in [2.05, 4.69) is 10.6 Å². The third-order valence-corrected chi connectivity index (χ3v) is 6.60. The van der Waals surface area contributed by atoms with Crippen molar-refractivity contribution in [3.05, 3.63) is 72.8 Å². The van der Waals surface area contributed by atoms with Crippen LogP contribution >= 0.6 is 0 Å². The molecule has 2 N–H and O–H groups in total. The van der Waals surface area contributed by atoms with Gasteiger partial charge in [-0.2, -0.15) is 0 Å². The number of nitrogens with zero attached hydrogens (tertiary/aromatic N) is 1. The number of rotatable bonds is 7. The van der Waals surface area contributed by atoms with Crippen molar-refractivity contribution in [3.63, 3.8) is 0 Å². The van der Waals surface area contributed by atoms with Crippen molar-refractivity contribution in [3.8, 4) is 11.5 Å². The number of ether oxygens (including phenoxy) is 2. The summed E-state index contributed by atoms with van der Waals surface area (Å²) in [6.45, 7) is 1.58. The van der Waals surface area contributed by atoms with Crippen molar-refractivity contribution in [1.29, 1.82) is 0 Å². The zero-order valence-corrected chi connectivity index (χ0v) is 20.7. The average Bonchev–Trinajstić information content (AvgIpc) is 2.86. The molecule has 36 heavy (non-hydrogen) atoms. The van der Waals surface area contributed by atoms with E-state index in [0.717, 1.165) is 0 Å². The topological polar surface area (TPSA) is 131 Å². The van der Waals surface area contributed by atoms with Gasteiger partial charge in [0.1, 0.15) is 0 Å². The molecule has 0 aliphatic rings. The van der Waals surface area contributed by atoms with E-state index in [1.807, 2.05) is 0 Å². The number of amides is 3. The molecule has 0 radical (unpaired) electrons. The summed E-state index contributed by atoms with van der Waals surface area (Å²) >= 11 is 0. The van der Waals surface area contributed by atoms with E-state index < -0.39 is 27.9 Å². The molecular formula is C25H25N3O7S. The first-order valence-electron chi connectivity index (χ1n) is 10.8. The minimum absolute atomic E-state index is 0.0294. The van der Waals surface area contributed by atoms with Gasteiger partial charge in [-0.15, -0.1) is 0 Å². The van der Waals surface area contributed by atoms with Crippen LogP contribution in [0.5, 0.6) is 11.5 Å². The zero-order valence-electron chi connectivity index (χ0n) is 19.8. The van der Waals surface area contributed by atoms with E-state index in [-0.39, 0.29) is 39.1 Å². The number of nitrogens with one attached hydrogen (secondary N) is 2. The smallest absolute Gasteiger partial charge is 0.414 e. The van der Waals surface area contributed by atoms with Crippen LogP contribution < -0.4 is 20.1 Å². The van der Waals surface area contributed by atoms with Gasteiger partial charge < -0.3 is 25.0 Å². The summed E-state index contributed by atoms with van der Waals surface area (Å²) in [7, 11) is -0.953. The summed E-state index contributed by atoms with van der Waals surface area (Å²) < 4.78 is 36.8. The second-order valence-corrected chi connectivity index (χ2v) is 9.53. The summed E-state index contributed by atoms with van der Waals surface area (Å²) in [5, 5.41) is 5.04. The molecule has 0 saturated heterocycles. The highest BCUT2D eigenvalue weighted by Gasteiger charge is 2.23. The van der Waals surface area contributed by atoms with Gasteiger partial charge >= 0.3 is 18.1 Å². The van der Waals surface area contributed by atoms with Crippen LogP contribution in [0.25, 0.3) is 0 Å². The quantitative estimate of drug-likeness (QED) is 0.352. The molecule has 0 aromatic heterocycles. The fraction of sp³-hybridized carbons (Fsp3) is 0.160. The minimum Gasteiger partial charge on any atom is -0.420 e. The molecule has 0 spiro atoms. The number of sulfone groups is 1. The third kappa shape index (κ3) is 6.19. The molecule has 3 rings (SSSR count). The molecule has 0 heterocycles. The minimum atomic E-state index is -3.92. The van der Waals surface area contributed by atoms with Crippen LogP contribution in [-0.4, -0.2) is 45.5 Å². The second kappa shape index (κ2) is 11.4. The van der Waals surface area contributed by atoms with Crippen LogP contribution in [0.4, 0.5) is 21.0 Å². The molecule has 11 heteroatoms. The van der Waals surface area contributed by atoms with Crippen molar-refractivity contribution in [2.24, 2.45) is 0 Å². The maximum Gasteiger partial charge on any atom is 0.414 e. The second-order valence-electron chi connectivity index (χ2n) is 7.61. The number of anilines is 2. The normalized spacial score (nSPS) is 10.8. The molecular weight excluding hydrogens is 486 g/mol. The molecule has 0 aliphatic heterocycles. The molecule has 3 aromatic rings. The van der Waals surface area contributed by atoms with Crippen LogP contribution in [0.1, 0.15) is 13.3 Å². The number of carbonyl (C=O) groups excluding carboxylic acids is 3. The molecule has 188 valence electrons. The summed E-state index contributed by atoms with van der Waals surface area (Å²) in [4.78, 5) is 38.1. The van der Waals surface area contributed by atoms with Crippen molar-refractivity contribution in [2.75, 3.05) is 24.7 Å². The molecule has 0 fully saturated rings. The number of esters is 1. The highest BCUT2D eigenvalue weighted by molar-refractivity contribution is 7.91. The lowest BCUT2D eigenvalue weighted by molar-refractivity contribution is -0.134. The fourth-order valence-corrected chi connectivity index (χ4v) is 4.41. The lowest BCUT2D eigenvalue weighted by Crippen LogP contribution is -2.26. The lowest BCUT2D eigenvalue weighted by Gasteiger charge is -2.17. The largest absolute Gasteiger partial charge is 0.420 e. The number of hydrogen-bond donors (Lipinski definition) is 2. The Labute approximate surface area is 208 Å². The summed E-state index contributed by atoms with van der Waals surface area (Å²) in [6.07, 6.45) is -0.683. The van der Waals surface area contributed by atoms with E-state index >= 15 is 0 Å². The van der Waals surface area contributed by atoms with Crippen molar-refractivity contribution in [1.82, 2.24) is 4.90 Å². The Bertz CT molecular complexity index is 1370. The van der Waals surface area contributed by atoms with E-state index in [1.54, 1.807) is 37.3 Å². The monoisotopic (exact) mass is 511 g/mol.